The second-order valence-corrected chi connectivity index (χ2v) is 7.39. The maximum Gasteiger partial charge on any atom is 0.410 e. The summed E-state index contributed by atoms with van der Waals surface area (Å²) in [5.41, 5.74) is 0.412. The van der Waals surface area contributed by atoms with Gasteiger partial charge in [0.2, 0.25) is 0 Å². The predicted molar refractivity (Wildman–Crippen MR) is 86.5 cm³/mol. The summed E-state index contributed by atoms with van der Waals surface area (Å²) in [5.74, 6) is 0.614. The van der Waals surface area contributed by atoms with Crippen LogP contribution in [-0.4, -0.2) is 53.4 Å². The zero-order valence-electron chi connectivity index (χ0n) is 14.1. The summed E-state index contributed by atoms with van der Waals surface area (Å²) in [6.45, 7) is 8.17. The highest BCUT2D eigenvalue weighted by Crippen LogP contribution is 2.43. The number of ether oxygens (including phenoxy) is 1. The number of rotatable bonds is 1. The van der Waals surface area contributed by atoms with E-state index in [1.807, 2.05) is 39.8 Å². The van der Waals surface area contributed by atoms with Gasteiger partial charge in [0.05, 0.1) is 12.7 Å². The molecule has 1 fully saturated rings. The number of carbonyl (C=O) groups excluding carboxylic acids is 1. The van der Waals surface area contributed by atoms with Crippen LogP contribution in [0.1, 0.15) is 39.2 Å². The number of hydrogen-bond acceptors (Lipinski definition) is 4. The van der Waals surface area contributed by atoms with Crippen LogP contribution in [0, 0.1) is 0 Å². The Bertz CT molecular complexity index is 602. The van der Waals surface area contributed by atoms with Crippen LogP contribution >= 0.6 is 0 Å². The number of halogens is 1. The van der Waals surface area contributed by atoms with Crippen LogP contribution < -0.4 is 4.90 Å². The molecule has 0 N–H and O–H groups in total. The fourth-order valence-electron chi connectivity index (χ4n) is 3.59. The molecule has 1 saturated heterocycles. The van der Waals surface area contributed by atoms with Gasteiger partial charge in [-0.25, -0.2) is 9.78 Å². The second-order valence-electron chi connectivity index (χ2n) is 7.39. The lowest BCUT2D eigenvalue weighted by molar-refractivity contribution is 0.0181. The summed E-state index contributed by atoms with van der Waals surface area (Å²) in [6, 6.07) is 3.78. The second kappa shape index (κ2) is 5.65. The van der Waals surface area contributed by atoms with E-state index in [0.29, 0.717) is 13.1 Å². The van der Waals surface area contributed by atoms with E-state index < -0.39 is 12.3 Å². The van der Waals surface area contributed by atoms with Crippen molar-refractivity contribution < 1.29 is 13.9 Å². The molecule has 3 atom stereocenters. The smallest absolute Gasteiger partial charge is 0.410 e. The number of anilines is 1. The molecule has 6 heteroatoms. The molecule has 2 aliphatic rings. The van der Waals surface area contributed by atoms with Gasteiger partial charge >= 0.3 is 6.09 Å². The highest BCUT2D eigenvalue weighted by molar-refractivity contribution is 5.70. The number of aromatic nitrogens is 1. The number of carbonyl (C=O) groups is 1. The maximum absolute atomic E-state index is 13.7. The summed E-state index contributed by atoms with van der Waals surface area (Å²) >= 11 is 0. The molecule has 126 valence electrons. The van der Waals surface area contributed by atoms with E-state index in [-0.39, 0.29) is 24.1 Å². The Balaban J connectivity index is 1.85. The molecule has 0 saturated carbocycles. The number of piperazine rings is 1. The van der Waals surface area contributed by atoms with Crippen LogP contribution in [0.5, 0.6) is 0 Å². The lowest BCUT2D eigenvalue weighted by Crippen LogP contribution is -2.59. The van der Waals surface area contributed by atoms with E-state index in [2.05, 4.69) is 9.88 Å². The van der Waals surface area contributed by atoms with Gasteiger partial charge in [-0.15, -0.1) is 0 Å². The van der Waals surface area contributed by atoms with Gasteiger partial charge in [-0.1, -0.05) is 6.07 Å². The maximum atomic E-state index is 13.7. The number of amides is 1. The van der Waals surface area contributed by atoms with E-state index in [4.69, 9.17) is 4.74 Å². The molecule has 3 rings (SSSR count). The van der Waals surface area contributed by atoms with Crippen LogP contribution in [0.25, 0.3) is 0 Å². The van der Waals surface area contributed by atoms with Gasteiger partial charge in [-0.05, 0) is 33.8 Å². The van der Waals surface area contributed by atoms with Crippen molar-refractivity contribution in [3.05, 3.63) is 23.9 Å². The van der Waals surface area contributed by atoms with Crippen LogP contribution in [0.4, 0.5) is 15.0 Å². The third-order valence-electron chi connectivity index (χ3n) is 4.47. The van der Waals surface area contributed by atoms with Crippen molar-refractivity contribution in [1.29, 1.82) is 0 Å². The molecule has 0 bridgehead atoms. The van der Waals surface area contributed by atoms with Crippen molar-refractivity contribution in [2.24, 2.45) is 0 Å². The van der Waals surface area contributed by atoms with Gasteiger partial charge in [0.15, 0.2) is 0 Å². The Kier molecular flexibility index (Phi) is 3.94. The number of fused-ring (bicyclic) bond motifs is 3. The van der Waals surface area contributed by atoms with E-state index in [1.54, 1.807) is 11.1 Å². The average Bonchev–Trinajstić information content (AvgIpc) is 2.79. The minimum atomic E-state index is -0.531. The van der Waals surface area contributed by atoms with Gasteiger partial charge in [0.25, 0.3) is 0 Å². The number of pyridine rings is 1. The van der Waals surface area contributed by atoms with Crippen LogP contribution in [-0.2, 0) is 4.74 Å². The SMILES string of the molecule is CC1CN(C(=O)OC(C)(C)C)CC2C(CF)c3cccnc3N12. The summed E-state index contributed by atoms with van der Waals surface area (Å²) < 4.78 is 19.2. The fraction of sp³-hybridized carbons (Fsp3) is 0.647. The van der Waals surface area contributed by atoms with Crippen molar-refractivity contribution in [2.45, 2.75) is 51.3 Å². The molecule has 23 heavy (non-hydrogen) atoms. The zero-order chi connectivity index (χ0) is 16.8. The molecular formula is C17H24FN3O2. The van der Waals surface area contributed by atoms with Crippen molar-refractivity contribution in [1.82, 2.24) is 9.88 Å². The quantitative estimate of drug-likeness (QED) is 0.798. The Morgan fingerprint density at radius 3 is 2.83 bits per heavy atom. The molecular weight excluding hydrogens is 297 g/mol. The van der Waals surface area contributed by atoms with E-state index >= 15 is 0 Å². The lowest BCUT2D eigenvalue weighted by Gasteiger charge is -2.44. The molecule has 3 unspecified atom stereocenters. The molecule has 0 spiro atoms. The normalized spacial score (nSPS) is 26.7. The van der Waals surface area contributed by atoms with E-state index in [9.17, 15) is 9.18 Å². The predicted octanol–water partition coefficient (Wildman–Crippen LogP) is 2.96. The van der Waals surface area contributed by atoms with Crippen molar-refractivity contribution in [3.8, 4) is 0 Å². The number of hydrogen-bond donors (Lipinski definition) is 0. The average molecular weight is 321 g/mol. The Labute approximate surface area is 136 Å². The van der Waals surface area contributed by atoms with Crippen LogP contribution in [0.2, 0.25) is 0 Å². The van der Waals surface area contributed by atoms with Gasteiger partial charge in [0, 0.05) is 36.8 Å². The van der Waals surface area contributed by atoms with E-state index in [0.717, 1.165) is 11.4 Å². The standard InChI is InChI=1S/C17H24FN3O2/c1-11-9-20(16(22)23-17(2,3)4)10-14-13(8-18)12-6-5-7-19-15(12)21(11)14/h5-7,11,13-14H,8-10H2,1-4H3. The zero-order valence-corrected chi connectivity index (χ0v) is 14.1. The molecule has 5 nitrogen and oxygen atoms in total. The minimum absolute atomic E-state index is 0.0754. The number of nitrogens with zero attached hydrogens (tertiary/aromatic N) is 3. The minimum Gasteiger partial charge on any atom is -0.444 e. The first kappa shape index (κ1) is 16.0. The van der Waals surface area contributed by atoms with Gasteiger partial charge in [0.1, 0.15) is 11.4 Å². The number of alkyl halides is 1. The molecule has 0 aromatic carbocycles. The third-order valence-corrected chi connectivity index (χ3v) is 4.47. The summed E-state index contributed by atoms with van der Waals surface area (Å²) in [5, 5.41) is 0. The van der Waals surface area contributed by atoms with Crippen LogP contribution in [0.15, 0.2) is 18.3 Å². The Hall–Kier alpha value is -1.85. The first-order chi connectivity index (χ1) is 10.8. The Morgan fingerprint density at radius 1 is 1.43 bits per heavy atom. The largest absolute Gasteiger partial charge is 0.444 e. The van der Waals surface area contributed by atoms with Crippen LogP contribution in [0.3, 0.4) is 0 Å². The van der Waals surface area contributed by atoms with Crippen molar-refractivity contribution in [2.75, 3.05) is 24.7 Å². The molecule has 0 aliphatic carbocycles. The third kappa shape index (κ3) is 2.86. The van der Waals surface area contributed by atoms with Crippen molar-refractivity contribution in [3.63, 3.8) is 0 Å². The lowest BCUT2D eigenvalue weighted by atomic mass is 9.95. The van der Waals surface area contributed by atoms with Gasteiger partial charge in [-0.2, -0.15) is 0 Å². The fourth-order valence-corrected chi connectivity index (χ4v) is 3.59. The first-order valence-electron chi connectivity index (χ1n) is 8.09. The molecule has 3 heterocycles. The topological polar surface area (TPSA) is 45.7 Å². The summed E-state index contributed by atoms with van der Waals surface area (Å²) in [7, 11) is 0. The highest BCUT2D eigenvalue weighted by atomic mass is 19.1. The molecule has 1 amide bonds. The van der Waals surface area contributed by atoms with E-state index in [1.165, 1.54) is 0 Å². The van der Waals surface area contributed by atoms with Gasteiger partial charge < -0.3 is 14.5 Å². The first-order valence-corrected chi connectivity index (χ1v) is 8.09. The van der Waals surface area contributed by atoms with Crippen molar-refractivity contribution >= 4 is 11.9 Å². The molecule has 1 aromatic rings. The molecule has 2 aliphatic heterocycles. The monoisotopic (exact) mass is 321 g/mol. The highest BCUT2D eigenvalue weighted by Gasteiger charge is 2.46. The Morgan fingerprint density at radius 2 is 2.17 bits per heavy atom. The molecule has 0 radical (unpaired) electrons. The summed E-state index contributed by atoms with van der Waals surface area (Å²) in [4.78, 5) is 20.7. The van der Waals surface area contributed by atoms with Gasteiger partial charge in [-0.3, -0.25) is 4.39 Å². The molecule has 1 aromatic heterocycles. The summed E-state index contributed by atoms with van der Waals surface area (Å²) in [6.07, 6.45) is 1.41.